The Morgan fingerprint density at radius 2 is 1.93 bits per heavy atom. The van der Waals surface area contributed by atoms with E-state index in [1.807, 2.05) is 42.5 Å². The Hall–Kier alpha value is -2.63. The number of hydrogen-bond donors (Lipinski definition) is 0. The highest BCUT2D eigenvalue weighted by atomic mass is 35.5. The van der Waals surface area contributed by atoms with Crippen molar-refractivity contribution in [3.05, 3.63) is 77.3 Å². The molecule has 0 aliphatic carbocycles. The molecule has 4 atom stereocenters. The summed E-state index contributed by atoms with van der Waals surface area (Å²) in [6.07, 6.45) is 3.39. The van der Waals surface area contributed by atoms with Gasteiger partial charge in [0.1, 0.15) is 18.1 Å². The molecule has 0 radical (unpaired) electrons. The van der Waals surface area contributed by atoms with Gasteiger partial charge in [0, 0.05) is 10.7 Å². The third-order valence-corrected chi connectivity index (χ3v) is 5.99. The minimum absolute atomic E-state index is 0.115. The Morgan fingerprint density at radius 3 is 2.68 bits per heavy atom. The van der Waals surface area contributed by atoms with Crippen molar-refractivity contribution in [3.63, 3.8) is 0 Å². The van der Waals surface area contributed by atoms with Gasteiger partial charge in [-0.25, -0.2) is 0 Å². The first kappa shape index (κ1) is 17.5. The van der Waals surface area contributed by atoms with E-state index in [9.17, 15) is 9.59 Å². The first-order valence-electron chi connectivity index (χ1n) is 9.22. The normalized spacial score (nSPS) is 30.0. The lowest BCUT2D eigenvalue weighted by molar-refractivity contribution is -0.153. The summed E-state index contributed by atoms with van der Waals surface area (Å²) in [5, 5.41) is 0.605. The summed E-state index contributed by atoms with van der Waals surface area (Å²) in [5.74, 6) is -1.70. The van der Waals surface area contributed by atoms with Gasteiger partial charge in [-0.3, -0.25) is 9.59 Å². The van der Waals surface area contributed by atoms with Gasteiger partial charge >= 0.3 is 5.97 Å². The van der Waals surface area contributed by atoms with Crippen molar-refractivity contribution >= 4 is 29.2 Å². The van der Waals surface area contributed by atoms with Gasteiger partial charge in [0.05, 0.1) is 18.6 Å². The molecule has 2 bridgehead atoms. The minimum Gasteiger partial charge on any atom is -0.460 e. The summed E-state index contributed by atoms with van der Waals surface area (Å²) in [7, 11) is 0. The second-order valence-corrected chi connectivity index (χ2v) is 7.83. The number of rotatable bonds is 4. The first-order chi connectivity index (χ1) is 13.6. The molecule has 3 aliphatic heterocycles. The Morgan fingerprint density at radius 1 is 1.18 bits per heavy atom. The van der Waals surface area contributed by atoms with Crippen molar-refractivity contribution in [1.29, 1.82) is 0 Å². The summed E-state index contributed by atoms with van der Waals surface area (Å²) < 4.78 is 11.6. The fraction of sp³-hybridized carbons (Fsp3) is 0.273. The number of carbonyl (C=O) groups excluding carboxylic acids is 2. The number of benzene rings is 2. The van der Waals surface area contributed by atoms with Crippen molar-refractivity contribution in [2.45, 2.75) is 18.3 Å². The second-order valence-electron chi connectivity index (χ2n) is 7.39. The molecule has 1 amide bonds. The average Bonchev–Trinajstić information content (AvgIpc) is 3.36. The Kier molecular flexibility index (Phi) is 4.03. The fourth-order valence-corrected chi connectivity index (χ4v) is 4.56. The Balaban J connectivity index is 1.38. The van der Waals surface area contributed by atoms with Crippen molar-refractivity contribution in [1.82, 2.24) is 0 Å². The molecule has 2 aromatic rings. The van der Waals surface area contributed by atoms with Crippen molar-refractivity contribution in [3.8, 4) is 0 Å². The van der Waals surface area contributed by atoms with Gasteiger partial charge in [-0.1, -0.05) is 54.1 Å². The maximum atomic E-state index is 13.2. The van der Waals surface area contributed by atoms with Crippen LogP contribution in [0.15, 0.2) is 66.7 Å². The molecule has 2 fully saturated rings. The fourth-order valence-electron chi connectivity index (χ4n) is 4.43. The molecule has 0 aromatic heterocycles. The van der Waals surface area contributed by atoms with E-state index in [1.165, 1.54) is 0 Å². The first-order valence-corrected chi connectivity index (χ1v) is 9.60. The van der Waals surface area contributed by atoms with Crippen molar-refractivity contribution < 1.29 is 19.1 Å². The molecule has 0 saturated carbocycles. The molecule has 5 rings (SSSR count). The lowest BCUT2D eigenvalue weighted by Gasteiger charge is -2.22. The van der Waals surface area contributed by atoms with Gasteiger partial charge in [-0.15, -0.1) is 0 Å². The van der Waals surface area contributed by atoms with E-state index in [0.717, 1.165) is 11.3 Å². The molecular formula is C22H18ClNO4. The highest BCUT2D eigenvalue weighted by Crippen LogP contribution is 2.53. The molecule has 1 spiro atoms. The van der Waals surface area contributed by atoms with Crippen LogP contribution >= 0.6 is 11.6 Å². The number of nitrogens with zero attached hydrogens (tertiary/aromatic N) is 1. The number of amides is 1. The second kappa shape index (κ2) is 6.47. The summed E-state index contributed by atoms with van der Waals surface area (Å²) in [6, 6.07) is 16.6. The van der Waals surface area contributed by atoms with E-state index < -0.39 is 29.5 Å². The number of carbonyl (C=O) groups is 2. The van der Waals surface area contributed by atoms with Crippen molar-refractivity contribution in [2.24, 2.45) is 11.8 Å². The minimum atomic E-state index is -0.766. The number of hydrogen-bond acceptors (Lipinski definition) is 4. The molecule has 6 heteroatoms. The number of ether oxygens (including phenoxy) is 2. The molecule has 2 saturated heterocycles. The lowest BCUT2D eigenvalue weighted by atomic mass is 9.77. The topological polar surface area (TPSA) is 55.8 Å². The largest absolute Gasteiger partial charge is 0.460 e. The van der Waals surface area contributed by atoms with Crippen LogP contribution in [0.3, 0.4) is 0 Å². The number of anilines is 1. The van der Waals surface area contributed by atoms with Crippen LogP contribution in [0.5, 0.6) is 0 Å². The average molecular weight is 396 g/mol. The summed E-state index contributed by atoms with van der Waals surface area (Å²) >= 11 is 5.96. The smallest absolute Gasteiger partial charge is 0.313 e. The standard InChI is InChI=1S/C22H18ClNO4/c23-15-6-8-16(9-7-15)24-13-22-11-10-17(28-22)18(19(22)20(24)25)21(26)27-12-14-4-2-1-3-5-14/h1-11,17-19H,12-13H2/t17-,18+,19+,22+/m1/s1. The highest BCUT2D eigenvalue weighted by Gasteiger charge is 2.67. The molecule has 142 valence electrons. The molecule has 5 nitrogen and oxygen atoms in total. The number of fused-ring (bicyclic) bond motifs is 1. The van der Waals surface area contributed by atoms with Gasteiger partial charge in [0.15, 0.2) is 0 Å². The highest BCUT2D eigenvalue weighted by molar-refractivity contribution is 6.30. The molecule has 28 heavy (non-hydrogen) atoms. The molecule has 0 N–H and O–H groups in total. The molecule has 2 aromatic carbocycles. The van der Waals surface area contributed by atoms with E-state index in [4.69, 9.17) is 21.1 Å². The van der Waals surface area contributed by atoms with Gasteiger partial charge in [0.2, 0.25) is 5.91 Å². The van der Waals surface area contributed by atoms with Crippen LogP contribution < -0.4 is 4.90 Å². The monoisotopic (exact) mass is 395 g/mol. The maximum Gasteiger partial charge on any atom is 0.313 e. The summed E-state index contributed by atoms with van der Waals surface area (Å²) in [5.41, 5.74) is 0.887. The van der Waals surface area contributed by atoms with Crippen molar-refractivity contribution in [2.75, 3.05) is 11.4 Å². The van der Waals surface area contributed by atoms with Crippen LogP contribution in [0, 0.1) is 11.8 Å². The predicted molar refractivity (Wildman–Crippen MR) is 104 cm³/mol. The zero-order valence-electron chi connectivity index (χ0n) is 15.0. The molecule has 3 aliphatic rings. The lowest BCUT2D eigenvalue weighted by Crippen LogP contribution is -2.40. The SMILES string of the molecule is O=C(OCc1ccccc1)[C@@H]1[C@H]2C(=O)N(c3ccc(Cl)cc3)C[C@@]23C=C[C@H]1O3. The van der Waals surface area contributed by atoms with Crippen LogP contribution in [0.4, 0.5) is 5.69 Å². The van der Waals surface area contributed by atoms with Crippen LogP contribution in [0.1, 0.15) is 5.56 Å². The number of halogens is 1. The Labute approximate surface area is 167 Å². The maximum absolute atomic E-state index is 13.2. The van der Waals surface area contributed by atoms with Gasteiger partial charge in [-0.05, 0) is 29.8 Å². The third-order valence-electron chi connectivity index (χ3n) is 5.73. The molecular weight excluding hydrogens is 378 g/mol. The van der Waals surface area contributed by atoms with Crippen LogP contribution in [0.25, 0.3) is 0 Å². The van der Waals surface area contributed by atoms with E-state index in [0.29, 0.717) is 11.6 Å². The summed E-state index contributed by atoms with van der Waals surface area (Å²) in [6.45, 7) is 0.564. The number of esters is 1. The van der Waals surface area contributed by atoms with Crippen LogP contribution in [-0.2, 0) is 25.7 Å². The van der Waals surface area contributed by atoms with E-state index in [2.05, 4.69) is 0 Å². The zero-order chi connectivity index (χ0) is 19.3. The van der Waals surface area contributed by atoms with E-state index in [1.54, 1.807) is 29.2 Å². The van der Waals surface area contributed by atoms with Crippen LogP contribution in [0.2, 0.25) is 5.02 Å². The van der Waals surface area contributed by atoms with Crippen LogP contribution in [-0.4, -0.2) is 30.1 Å². The van der Waals surface area contributed by atoms with E-state index >= 15 is 0 Å². The van der Waals surface area contributed by atoms with Gasteiger partial charge in [0.25, 0.3) is 0 Å². The van der Waals surface area contributed by atoms with Gasteiger partial charge < -0.3 is 14.4 Å². The summed E-state index contributed by atoms with van der Waals surface area (Å²) in [4.78, 5) is 27.7. The predicted octanol–water partition coefficient (Wildman–Crippen LogP) is 3.37. The molecule has 0 unspecified atom stereocenters. The van der Waals surface area contributed by atoms with Gasteiger partial charge in [-0.2, -0.15) is 0 Å². The quantitative estimate of drug-likeness (QED) is 0.588. The molecule has 3 heterocycles. The Bertz CT molecular complexity index is 958. The van der Waals surface area contributed by atoms with E-state index in [-0.39, 0.29) is 12.5 Å². The third kappa shape index (κ3) is 2.65. The zero-order valence-corrected chi connectivity index (χ0v) is 15.7.